The van der Waals surface area contributed by atoms with Gasteiger partial charge in [-0.2, -0.15) is 0 Å². The van der Waals surface area contributed by atoms with Crippen molar-refractivity contribution in [3.8, 4) is 5.75 Å². The molecule has 0 unspecified atom stereocenters. The van der Waals surface area contributed by atoms with E-state index in [-0.39, 0.29) is 0 Å². The first-order valence-corrected chi connectivity index (χ1v) is 7.16. The van der Waals surface area contributed by atoms with Gasteiger partial charge in [-0.25, -0.2) is 4.98 Å². The second-order valence-corrected chi connectivity index (χ2v) is 5.16. The average molecular weight is 274 g/mol. The molecule has 0 aliphatic rings. The zero-order chi connectivity index (χ0) is 13.5. The number of methoxy groups -OCH3 is 1. The van der Waals surface area contributed by atoms with Gasteiger partial charge in [0, 0.05) is 11.4 Å². The molecule has 2 aromatic rings. The van der Waals surface area contributed by atoms with Gasteiger partial charge in [0.2, 0.25) is 0 Å². The molecule has 3 nitrogen and oxygen atoms in total. The average Bonchev–Trinajstić information content (AvgIpc) is 2.46. The third kappa shape index (κ3) is 4.17. The molecule has 19 heavy (non-hydrogen) atoms. The third-order valence-electron chi connectivity index (χ3n) is 2.54. The van der Waals surface area contributed by atoms with E-state index >= 15 is 0 Å². The number of hydrogen-bond donors (Lipinski definition) is 1. The fraction of sp³-hybridized carbons (Fsp3) is 0.267. The number of benzene rings is 1. The molecule has 0 aliphatic heterocycles. The zero-order valence-corrected chi connectivity index (χ0v) is 12.0. The number of nitrogens with one attached hydrogen (secondary N) is 1. The maximum Gasteiger partial charge on any atom is 0.127 e. The first-order valence-electron chi connectivity index (χ1n) is 6.34. The SMILES string of the molecule is CCCNc1cccc(Sc2cccc(OC)c2)n1. The Bertz CT molecular complexity index is 531. The lowest BCUT2D eigenvalue weighted by atomic mass is 10.3. The van der Waals surface area contributed by atoms with E-state index in [1.807, 2.05) is 36.4 Å². The third-order valence-corrected chi connectivity index (χ3v) is 3.47. The van der Waals surface area contributed by atoms with E-state index in [1.54, 1.807) is 18.9 Å². The van der Waals surface area contributed by atoms with E-state index < -0.39 is 0 Å². The summed E-state index contributed by atoms with van der Waals surface area (Å²) in [6, 6.07) is 14.0. The van der Waals surface area contributed by atoms with Gasteiger partial charge in [0.05, 0.1) is 7.11 Å². The van der Waals surface area contributed by atoms with Gasteiger partial charge in [-0.05, 0) is 36.8 Å². The van der Waals surface area contributed by atoms with Crippen LogP contribution in [-0.4, -0.2) is 18.6 Å². The fourth-order valence-electron chi connectivity index (χ4n) is 1.61. The highest BCUT2D eigenvalue weighted by molar-refractivity contribution is 7.99. The Labute approximate surface area is 118 Å². The van der Waals surface area contributed by atoms with Crippen molar-refractivity contribution in [2.24, 2.45) is 0 Å². The van der Waals surface area contributed by atoms with Gasteiger partial charge in [-0.3, -0.25) is 0 Å². The highest BCUT2D eigenvalue weighted by Gasteiger charge is 2.01. The highest BCUT2D eigenvalue weighted by Crippen LogP contribution is 2.29. The Morgan fingerprint density at radius 3 is 2.84 bits per heavy atom. The van der Waals surface area contributed by atoms with Crippen LogP contribution in [0.25, 0.3) is 0 Å². The lowest BCUT2D eigenvalue weighted by molar-refractivity contribution is 0.413. The summed E-state index contributed by atoms with van der Waals surface area (Å²) in [4.78, 5) is 5.70. The van der Waals surface area contributed by atoms with Crippen LogP contribution in [0.3, 0.4) is 0 Å². The standard InChI is InChI=1S/C15H18N2OS/c1-3-10-16-14-8-5-9-15(17-14)19-13-7-4-6-12(11-13)18-2/h4-9,11H,3,10H2,1-2H3,(H,16,17). The fourth-order valence-corrected chi connectivity index (χ4v) is 2.46. The summed E-state index contributed by atoms with van der Waals surface area (Å²) in [5, 5.41) is 4.27. The van der Waals surface area contributed by atoms with E-state index in [0.29, 0.717) is 0 Å². The second kappa shape index (κ2) is 7.04. The van der Waals surface area contributed by atoms with Gasteiger partial charge in [-0.15, -0.1) is 0 Å². The van der Waals surface area contributed by atoms with Gasteiger partial charge >= 0.3 is 0 Å². The minimum Gasteiger partial charge on any atom is -0.497 e. The number of aromatic nitrogens is 1. The van der Waals surface area contributed by atoms with Crippen molar-refractivity contribution >= 4 is 17.6 Å². The number of ether oxygens (including phenoxy) is 1. The van der Waals surface area contributed by atoms with Gasteiger partial charge in [0.1, 0.15) is 16.6 Å². The Morgan fingerprint density at radius 1 is 1.21 bits per heavy atom. The van der Waals surface area contributed by atoms with Crippen LogP contribution < -0.4 is 10.1 Å². The predicted octanol–water partition coefficient (Wildman–Crippen LogP) is 4.06. The smallest absolute Gasteiger partial charge is 0.127 e. The molecule has 1 N–H and O–H groups in total. The monoisotopic (exact) mass is 274 g/mol. The van der Waals surface area contributed by atoms with Crippen molar-refractivity contribution in [2.45, 2.75) is 23.3 Å². The van der Waals surface area contributed by atoms with Gasteiger partial charge in [0.25, 0.3) is 0 Å². The van der Waals surface area contributed by atoms with Crippen molar-refractivity contribution in [2.75, 3.05) is 19.0 Å². The highest BCUT2D eigenvalue weighted by atomic mass is 32.2. The number of hydrogen-bond acceptors (Lipinski definition) is 4. The minimum atomic E-state index is 0.866. The van der Waals surface area contributed by atoms with E-state index in [1.165, 1.54) is 0 Å². The quantitative estimate of drug-likeness (QED) is 0.861. The number of pyridine rings is 1. The maximum absolute atomic E-state index is 5.22. The van der Waals surface area contributed by atoms with Crippen LogP contribution in [0.1, 0.15) is 13.3 Å². The first-order chi connectivity index (χ1) is 9.31. The van der Waals surface area contributed by atoms with Crippen molar-refractivity contribution in [3.05, 3.63) is 42.5 Å². The molecule has 0 spiro atoms. The summed E-state index contributed by atoms with van der Waals surface area (Å²) in [6.07, 6.45) is 1.09. The van der Waals surface area contributed by atoms with E-state index in [2.05, 4.69) is 23.3 Å². The molecule has 0 saturated heterocycles. The molecule has 0 aliphatic carbocycles. The summed E-state index contributed by atoms with van der Waals surface area (Å²) in [6.45, 7) is 3.09. The molecule has 2 rings (SSSR count). The lowest BCUT2D eigenvalue weighted by Gasteiger charge is -2.07. The molecule has 0 saturated carbocycles. The second-order valence-electron chi connectivity index (χ2n) is 4.07. The zero-order valence-electron chi connectivity index (χ0n) is 11.2. The van der Waals surface area contributed by atoms with Crippen LogP contribution in [0.4, 0.5) is 5.82 Å². The summed E-state index contributed by atoms with van der Waals surface area (Å²) in [7, 11) is 1.68. The van der Waals surface area contributed by atoms with Crippen LogP contribution in [0.2, 0.25) is 0 Å². The van der Waals surface area contributed by atoms with Gasteiger partial charge in [0.15, 0.2) is 0 Å². The molecule has 0 atom stereocenters. The normalized spacial score (nSPS) is 10.2. The van der Waals surface area contributed by atoms with Crippen molar-refractivity contribution in [3.63, 3.8) is 0 Å². The Morgan fingerprint density at radius 2 is 2.05 bits per heavy atom. The molecule has 1 aromatic heterocycles. The Hall–Kier alpha value is -1.68. The summed E-state index contributed by atoms with van der Waals surface area (Å²) < 4.78 is 5.22. The van der Waals surface area contributed by atoms with Crippen molar-refractivity contribution in [1.29, 1.82) is 0 Å². The molecule has 0 bridgehead atoms. The van der Waals surface area contributed by atoms with Crippen LogP contribution in [0.15, 0.2) is 52.4 Å². The summed E-state index contributed by atoms with van der Waals surface area (Å²) >= 11 is 1.63. The van der Waals surface area contributed by atoms with Crippen LogP contribution in [-0.2, 0) is 0 Å². The largest absolute Gasteiger partial charge is 0.497 e. The minimum absolute atomic E-state index is 0.866. The summed E-state index contributed by atoms with van der Waals surface area (Å²) in [5.41, 5.74) is 0. The molecule has 4 heteroatoms. The van der Waals surface area contributed by atoms with Crippen molar-refractivity contribution in [1.82, 2.24) is 4.98 Å². The topological polar surface area (TPSA) is 34.1 Å². The van der Waals surface area contributed by atoms with Crippen molar-refractivity contribution < 1.29 is 4.74 Å². The number of nitrogens with zero attached hydrogens (tertiary/aromatic N) is 1. The molecular formula is C15H18N2OS. The molecule has 100 valence electrons. The molecule has 0 fully saturated rings. The van der Waals surface area contributed by atoms with Crippen LogP contribution >= 0.6 is 11.8 Å². The van der Waals surface area contributed by atoms with Gasteiger partial charge in [-0.1, -0.05) is 30.8 Å². The number of anilines is 1. The Balaban J connectivity index is 2.09. The number of rotatable bonds is 6. The molecule has 1 aromatic carbocycles. The van der Waals surface area contributed by atoms with Crippen LogP contribution in [0.5, 0.6) is 5.75 Å². The van der Waals surface area contributed by atoms with E-state index in [4.69, 9.17) is 4.74 Å². The van der Waals surface area contributed by atoms with E-state index in [0.717, 1.165) is 34.5 Å². The molecule has 0 radical (unpaired) electrons. The molecular weight excluding hydrogens is 256 g/mol. The predicted molar refractivity (Wildman–Crippen MR) is 80.1 cm³/mol. The molecule has 0 amide bonds. The molecule has 1 heterocycles. The maximum atomic E-state index is 5.22. The Kier molecular flexibility index (Phi) is 5.10. The van der Waals surface area contributed by atoms with E-state index in [9.17, 15) is 0 Å². The van der Waals surface area contributed by atoms with Gasteiger partial charge < -0.3 is 10.1 Å². The summed E-state index contributed by atoms with van der Waals surface area (Å²) in [5.74, 6) is 1.79. The lowest BCUT2D eigenvalue weighted by Crippen LogP contribution is -2.01. The van der Waals surface area contributed by atoms with Crippen LogP contribution in [0, 0.1) is 0 Å². The first kappa shape index (κ1) is 13.7.